The van der Waals surface area contributed by atoms with Gasteiger partial charge in [0.15, 0.2) is 11.6 Å². The summed E-state index contributed by atoms with van der Waals surface area (Å²) < 4.78 is 20.7. The highest BCUT2D eigenvalue weighted by molar-refractivity contribution is 9.11. The standard InChI is InChI=1S/C15H14BrFN2OS/c1-2-11(19)15(13-5-6-14(16)21-13)20-12-4-3-9(8-18)7-10(12)17/h3-7,11,15H,2,19H2,1H3. The number of benzene rings is 1. The smallest absolute Gasteiger partial charge is 0.166 e. The van der Waals surface area contributed by atoms with Crippen LogP contribution in [-0.4, -0.2) is 6.04 Å². The Morgan fingerprint density at radius 1 is 1.43 bits per heavy atom. The SMILES string of the molecule is CCC(N)C(Oc1ccc(C#N)cc1F)c1ccc(Br)s1. The lowest BCUT2D eigenvalue weighted by molar-refractivity contribution is 0.167. The van der Waals surface area contributed by atoms with Gasteiger partial charge in [0.1, 0.15) is 6.10 Å². The molecule has 110 valence electrons. The van der Waals surface area contributed by atoms with Crippen LogP contribution in [0.1, 0.15) is 29.9 Å². The molecule has 2 rings (SSSR count). The fourth-order valence-electron chi connectivity index (χ4n) is 1.85. The predicted molar refractivity (Wildman–Crippen MR) is 84.8 cm³/mol. The van der Waals surface area contributed by atoms with Gasteiger partial charge in [-0.1, -0.05) is 6.92 Å². The lowest BCUT2D eigenvalue weighted by atomic mass is 10.1. The predicted octanol–water partition coefficient (Wildman–Crippen LogP) is 4.38. The molecule has 0 bridgehead atoms. The Bertz CT molecular complexity index is 668. The Hall–Kier alpha value is -1.42. The Balaban J connectivity index is 2.29. The maximum atomic E-state index is 14.0. The van der Waals surface area contributed by atoms with Gasteiger partial charge in [-0.2, -0.15) is 5.26 Å². The zero-order valence-electron chi connectivity index (χ0n) is 11.3. The lowest BCUT2D eigenvalue weighted by Crippen LogP contribution is -2.31. The molecule has 0 fully saturated rings. The molecule has 1 aromatic carbocycles. The molecule has 21 heavy (non-hydrogen) atoms. The number of nitrogens with two attached hydrogens (primary N) is 1. The third-order valence-corrected chi connectivity index (χ3v) is 4.73. The van der Waals surface area contributed by atoms with Crippen LogP contribution in [0.5, 0.6) is 5.75 Å². The third-order valence-electron chi connectivity index (χ3n) is 3.05. The van der Waals surface area contributed by atoms with Gasteiger partial charge in [-0.25, -0.2) is 4.39 Å². The van der Waals surface area contributed by atoms with Crippen molar-refractivity contribution in [3.8, 4) is 11.8 Å². The second kappa shape index (κ2) is 7.03. The zero-order chi connectivity index (χ0) is 15.4. The summed E-state index contributed by atoms with van der Waals surface area (Å²) in [5.74, 6) is -0.453. The van der Waals surface area contributed by atoms with Crippen LogP contribution in [0.25, 0.3) is 0 Å². The van der Waals surface area contributed by atoms with Crippen LogP contribution >= 0.6 is 27.3 Å². The quantitative estimate of drug-likeness (QED) is 0.851. The van der Waals surface area contributed by atoms with Crippen molar-refractivity contribution in [2.45, 2.75) is 25.5 Å². The van der Waals surface area contributed by atoms with E-state index in [1.165, 1.54) is 23.5 Å². The van der Waals surface area contributed by atoms with Crippen molar-refractivity contribution in [2.75, 3.05) is 0 Å². The number of ether oxygens (including phenoxy) is 1. The number of hydrogen-bond acceptors (Lipinski definition) is 4. The molecule has 0 aliphatic rings. The van der Waals surface area contributed by atoms with E-state index in [0.29, 0.717) is 6.42 Å². The fourth-order valence-corrected chi connectivity index (χ4v) is 3.38. The molecule has 0 saturated heterocycles. The van der Waals surface area contributed by atoms with Crippen LogP contribution in [-0.2, 0) is 0 Å². The summed E-state index contributed by atoms with van der Waals surface area (Å²) in [6.45, 7) is 1.96. The summed E-state index contributed by atoms with van der Waals surface area (Å²) in [6, 6.07) is 9.62. The molecule has 2 N–H and O–H groups in total. The Kier molecular flexibility index (Phi) is 5.34. The molecule has 3 nitrogen and oxygen atoms in total. The lowest BCUT2D eigenvalue weighted by Gasteiger charge is -2.23. The van der Waals surface area contributed by atoms with Gasteiger partial charge in [0.05, 0.1) is 15.4 Å². The molecule has 2 unspecified atom stereocenters. The van der Waals surface area contributed by atoms with E-state index < -0.39 is 11.9 Å². The molecule has 0 radical (unpaired) electrons. The van der Waals surface area contributed by atoms with E-state index in [-0.39, 0.29) is 17.4 Å². The van der Waals surface area contributed by atoms with Gasteiger partial charge < -0.3 is 10.5 Å². The van der Waals surface area contributed by atoms with E-state index in [1.807, 2.05) is 25.1 Å². The molecule has 0 aliphatic heterocycles. The number of thiophene rings is 1. The van der Waals surface area contributed by atoms with Gasteiger partial charge >= 0.3 is 0 Å². The minimum Gasteiger partial charge on any atom is -0.480 e. The molecule has 0 saturated carbocycles. The summed E-state index contributed by atoms with van der Waals surface area (Å²) in [5, 5.41) is 8.76. The van der Waals surface area contributed by atoms with Gasteiger partial charge in [0, 0.05) is 10.9 Å². The molecule has 2 aromatic rings. The summed E-state index contributed by atoms with van der Waals surface area (Å²) in [5.41, 5.74) is 6.36. The molecule has 6 heteroatoms. The van der Waals surface area contributed by atoms with Gasteiger partial charge in [-0.05, 0) is 52.7 Å². The van der Waals surface area contributed by atoms with E-state index >= 15 is 0 Å². The van der Waals surface area contributed by atoms with Crippen molar-refractivity contribution in [3.05, 3.63) is 50.4 Å². The average Bonchev–Trinajstić information content (AvgIpc) is 2.91. The molecular formula is C15H14BrFN2OS. The normalized spacial score (nSPS) is 13.5. The number of nitriles is 1. The highest BCUT2D eigenvalue weighted by Gasteiger charge is 2.23. The molecule has 0 amide bonds. The topological polar surface area (TPSA) is 59.0 Å². The number of rotatable bonds is 5. The first kappa shape index (κ1) is 16.0. The van der Waals surface area contributed by atoms with Crippen molar-refractivity contribution in [1.29, 1.82) is 5.26 Å². The Morgan fingerprint density at radius 2 is 2.19 bits per heavy atom. The second-order valence-corrected chi connectivity index (χ2v) is 7.00. The van der Waals surface area contributed by atoms with Crippen LogP contribution in [0.3, 0.4) is 0 Å². The van der Waals surface area contributed by atoms with Gasteiger partial charge in [-0.3, -0.25) is 0 Å². The fraction of sp³-hybridized carbons (Fsp3) is 0.267. The van der Waals surface area contributed by atoms with E-state index in [1.54, 1.807) is 0 Å². The van der Waals surface area contributed by atoms with Crippen LogP contribution in [0.2, 0.25) is 0 Å². The van der Waals surface area contributed by atoms with E-state index in [9.17, 15) is 4.39 Å². The maximum absolute atomic E-state index is 14.0. The minimum absolute atomic E-state index is 0.104. The highest BCUT2D eigenvalue weighted by Crippen LogP contribution is 2.33. The maximum Gasteiger partial charge on any atom is 0.166 e. The first-order valence-electron chi connectivity index (χ1n) is 6.42. The summed E-state index contributed by atoms with van der Waals surface area (Å²) >= 11 is 4.91. The van der Waals surface area contributed by atoms with Crippen molar-refractivity contribution >= 4 is 27.3 Å². The van der Waals surface area contributed by atoms with Crippen molar-refractivity contribution in [3.63, 3.8) is 0 Å². The van der Waals surface area contributed by atoms with Crippen molar-refractivity contribution in [1.82, 2.24) is 0 Å². The van der Waals surface area contributed by atoms with Gasteiger partial charge in [0.2, 0.25) is 0 Å². The van der Waals surface area contributed by atoms with Crippen LogP contribution in [0.4, 0.5) is 4.39 Å². The average molecular weight is 369 g/mol. The number of halogens is 2. The van der Waals surface area contributed by atoms with Gasteiger partial charge in [0.25, 0.3) is 0 Å². The number of nitrogens with zero attached hydrogens (tertiary/aromatic N) is 1. The largest absolute Gasteiger partial charge is 0.480 e. The zero-order valence-corrected chi connectivity index (χ0v) is 13.7. The van der Waals surface area contributed by atoms with Crippen LogP contribution < -0.4 is 10.5 Å². The molecule has 0 aliphatic carbocycles. The molecule has 0 spiro atoms. The first-order chi connectivity index (χ1) is 10.0. The second-order valence-electron chi connectivity index (χ2n) is 4.51. The van der Waals surface area contributed by atoms with Crippen molar-refractivity contribution < 1.29 is 9.13 Å². The Morgan fingerprint density at radius 3 is 2.71 bits per heavy atom. The van der Waals surface area contributed by atoms with Crippen LogP contribution in [0.15, 0.2) is 34.1 Å². The monoisotopic (exact) mass is 368 g/mol. The summed E-state index contributed by atoms with van der Waals surface area (Å²) in [6.07, 6.45) is 0.284. The molecular weight excluding hydrogens is 355 g/mol. The van der Waals surface area contributed by atoms with E-state index in [2.05, 4.69) is 15.9 Å². The van der Waals surface area contributed by atoms with E-state index in [0.717, 1.165) is 14.7 Å². The Labute approximate surface area is 135 Å². The first-order valence-corrected chi connectivity index (χ1v) is 8.03. The molecule has 1 heterocycles. The summed E-state index contributed by atoms with van der Waals surface area (Å²) in [4.78, 5) is 0.931. The molecule has 2 atom stereocenters. The van der Waals surface area contributed by atoms with Crippen molar-refractivity contribution in [2.24, 2.45) is 5.73 Å². The third kappa shape index (κ3) is 3.82. The molecule has 1 aromatic heterocycles. The number of hydrogen-bond donors (Lipinski definition) is 1. The highest BCUT2D eigenvalue weighted by atomic mass is 79.9. The minimum atomic E-state index is -0.557. The van der Waals surface area contributed by atoms with Crippen LogP contribution in [0, 0.1) is 17.1 Å². The van der Waals surface area contributed by atoms with Gasteiger partial charge in [-0.15, -0.1) is 11.3 Å². The summed E-state index contributed by atoms with van der Waals surface area (Å²) in [7, 11) is 0. The van der Waals surface area contributed by atoms with E-state index in [4.69, 9.17) is 15.7 Å².